The Labute approximate surface area is 221 Å². The summed E-state index contributed by atoms with van der Waals surface area (Å²) in [6, 6.07) is 20.7. The van der Waals surface area contributed by atoms with Crippen molar-refractivity contribution in [2.24, 2.45) is 17.6 Å². The fourth-order valence-electron chi connectivity index (χ4n) is 6.10. The second kappa shape index (κ2) is 12.0. The lowest BCUT2D eigenvalue weighted by Gasteiger charge is -2.37. The van der Waals surface area contributed by atoms with Gasteiger partial charge >= 0.3 is 0 Å². The van der Waals surface area contributed by atoms with E-state index in [0.717, 1.165) is 42.9 Å². The molecule has 35 heavy (non-hydrogen) atoms. The highest BCUT2D eigenvalue weighted by atomic mass is 79.9. The van der Waals surface area contributed by atoms with Crippen molar-refractivity contribution in [3.05, 3.63) is 90.0 Å². The Morgan fingerprint density at radius 2 is 1.63 bits per heavy atom. The number of carbonyl (C=O) groups excluding carboxylic acids is 1. The van der Waals surface area contributed by atoms with Crippen LogP contribution in [0.2, 0.25) is 0 Å². The fourth-order valence-corrected chi connectivity index (χ4v) is 6.10. The predicted octanol–water partition coefficient (Wildman–Crippen LogP) is 2.73. The SMILES string of the molecule is Cc1n(C2CCC(C(C(N)=O)(c3ccccc3)c3ccccc3)C2)cc[n+]1CCCCC(C)C.[Br-]. The zero-order chi connectivity index (χ0) is 24.1. The van der Waals surface area contributed by atoms with Crippen LogP contribution in [-0.2, 0) is 16.8 Å². The highest BCUT2D eigenvalue weighted by Crippen LogP contribution is 2.49. The summed E-state index contributed by atoms with van der Waals surface area (Å²) in [5, 5.41) is 0. The maximum absolute atomic E-state index is 13.3. The molecule has 2 atom stereocenters. The first-order valence-corrected chi connectivity index (χ1v) is 12.9. The number of primary amides is 1. The van der Waals surface area contributed by atoms with Gasteiger partial charge in [-0.1, -0.05) is 80.9 Å². The molecule has 2 aromatic carbocycles. The van der Waals surface area contributed by atoms with Crippen LogP contribution < -0.4 is 27.3 Å². The minimum atomic E-state index is -0.814. The number of benzene rings is 2. The van der Waals surface area contributed by atoms with Crippen LogP contribution in [0, 0.1) is 18.8 Å². The molecule has 1 heterocycles. The Balaban J connectivity index is 0.00000342. The van der Waals surface area contributed by atoms with E-state index in [1.807, 2.05) is 36.4 Å². The lowest BCUT2D eigenvalue weighted by atomic mass is 9.64. The molecular weight excluding hydrogens is 498 g/mol. The molecular formula is C30H40BrN3O. The van der Waals surface area contributed by atoms with Crippen LogP contribution in [0.3, 0.4) is 0 Å². The summed E-state index contributed by atoms with van der Waals surface area (Å²) in [5.41, 5.74) is 7.47. The van der Waals surface area contributed by atoms with E-state index in [-0.39, 0.29) is 28.8 Å². The smallest absolute Gasteiger partial charge is 0.253 e. The van der Waals surface area contributed by atoms with Crippen molar-refractivity contribution in [2.45, 2.75) is 77.3 Å². The number of nitrogens with two attached hydrogens (primary N) is 1. The van der Waals surface area contributed by atoms with Crippen molar-refractivity contribution < 1.29 is 26.3 Å². The zero-order valence-electron chi connectivity index (χ0n) is 21.4. The van der Waals surface area contributed by atoms with Crippen LogP contribution >= 0.6 is 0 Å². The third kappa shape index (κ3) is 5.55. The molecule has 0 radical (unpaired) electrons. The van der Waals surface area contributed by atoms with Crippen LogP contribution in [0.4, 0.5) is 0 Å². The standard InChI is InChI=1S/C30H39N3O.BrH/c1-23(2)12-10-11-19-32-20-21-33(24(32)3)28-18-17-27(22-28)30(29(31)34,25-13-6-4-7-14-25)26-15-8-5-9-16-26;/h4-9,13-16,20-21,23,27-28H,10-12,17-19,22H2,1-3H3,(H-,31,34);1H. The van der Waals surface area contributed by atoms with Gasteiger partial charge in [0.05, 0.1) is 6.54 Å². The fraction of sp³-hybridized carbons (Fsp3) is 0.467. The van der Waals surface area contributed by atoms with Gasteiger partial charge in [-0.05, 0) is 55.1 Å². The molecule has 1 amide bonds. The molecule has 4 rings (SSSR count). The molecule has 1 aliphatic rings. The summed E-state index contributed by atoms with van der Waals surface area (Å²) in [7, 11) is 0. The number of unbranched alkanes of at least 4 members (excludes halogenated alkanes) is 1. The Morgan fingerprint density at radius 1 is 1.03 bits per heavy atom. The number of hydrogen-bond donors (Lipinski definition) is 1. The molecule has 5 heteroatoms. The predicted molar refractivity (Wildman–Crippen MR) is 137 cm³/mol. The normalized spacial score (nSPS) is 17.9. The third-order valence-corrected chi connectivity index (χ3v) is 7.88. The summed E-state index contributed by atoms with van der Waals surface area (Å²) in [4.78, 5) is 13.3. The number of halogens is 1. The third-order valence-electron chi connectivity index (χ3n) is 7.88. The van der Waals surface area contributed by atoms with Crippen LogP contribution in [-0.4, -0.2) is 10.5 Å². The highest BCUT2D eigenvalue weighted by molar-refractivity contribution is 5.91. The van der Waals surface area contributed by atoms with Crippen LogP contribution in [0.15, 0.2) is 73.1 Å². The zero-order valence-corrected chi connectivity index (χ0v) is 23.0. The molecule has 0 bridgehead atoms. The monoisotopic (exact) mass is 537 g/mol. The number of nitrogens with zero attached hydrogens (tertiary/aromatic N) is 2. The van der Waals surface area contributed by atoms with Gasteiger partial charge in [-0.2, -0.15) is 0 Å². The first kappa shape index (κ1) is 27.2. The maximum Gasteiger partial charge on any atom is 0.253 e. The molecule has 1 aliphatic carbocycles. The molecule has 0 spiro atoms. The number of imidazole rings is 1. The summed E-state index contributed by atoms with van der Waals surface area (Å²) >= 11 is 0. The van der Waals surface area contributed by atoms with Gasteiger partial charge < -0.3 is 22.7 Å². The second-order valence-corrected chi connectivity index (χ2v) is 10.4. The Kier molecular flexibility index (Phi) is 9.34. The number of amides is 1. The molecule has 1 saturated carbocycles. The lowest BCUT2D eigenvalue weighted by Crippen LogP contribution is -3.00. The lowest BCUT2D eigenvalue weighted by molar-refractivity contribution is -0.703. The molecule has 1 aromatic heterocycles. The average molecular weight is 539 g/mol. The number of aryl methyl sites for hydroxylation is 1. The van der Waals surface area contributed by atoms with E-state index in [0.29, 0.717) is 6.04 Å². The minimum Gasteiger partial charge on any atom is -1.00 e. The van der Waals surface area contributed by atoms with Gasteiger partial charge in [0.15, 0.2) is 0 Å². The van der Waals surface area contributed by atoms with E-state index in [4.69, 9.17) is 5.73 Å². The van der Waals surface area contributed by atoms with Crippen molar-refractivity contribution in [3.63, 3.8) is 0 Å². The highest BCUT2D eigenvalue weighted by Gasteiger charge is 2.51. The number of aromatic nitrogens is 2. The number of hydrogen-bond acceptors (Lipinski definition) is 1. The first-order valence-electron chi connectivity index (χ1n) is 12.9. The van der Waals surface area contributed by atoms with Crippen molar-refractivity contribution >= 4 is 5.91 Å². The summed E-state index contributed by atoms with van der Waals surface area (Å²) in [6.45, 7) is 7.89. The van der Waals surface area contributed by atoms with Gasteiger partial charge in [-0.25, -0.2) is 9.13 Å². The van der Waals surface area contributed by atoms with Gasteiger partial charge in [0.2, 0.25) is 5.91 Å². The first-order chi connectivity index (χ1) is 16.4. The van der Waals surface area contributed by atoms with Crippen LogP contribution in [0.5, 0.6) is 0 Å². The van der Waals surface area contributed by atoms with Gasteiger partial charge in [-0.3, -0.25) is 4.79 Å². The maximum atomic E-state index is 13.3. The molecule has 0 aliphatic heterocycles. The quantitative estimate of drug-likeness (QED) is 0.313. The topological polar surface area (TPSA) is 51.9 Å². The molecule has 4 nitrogen and oxygen atoms in total. The Hall–Kier alpha value is -2.40. The van der Waals surface area contributed by atoms with E-state index in [1.165, 1.54) is 25.1 Å². The van der Waals surface area contributed by atoms with E-state index in [1.54, 1.807) is 0 Å². The largest absolute Gasteiger partial charge is 1.00 e. The summed E-state index contributed by atoms with van der Waals surface area (Å²) in [5.74, 6) is 1.98. The Morgan fingerprint density at radius 3 is 2.17 bits per heavy atom. The van der Waals surface area contributed by atoms with Gasteiger partial charge in [0.1, 0.15) is 23.9 Å². The van der Waals surface area contributed by atoms with Crippen LogP contribution in [0.1, 0.15) is 75.4 Å². The minimum absolute atomic E-state index is 0. The Bertz CT molecular complexity index is 1040. The second-order valence-electron chi connectivity index (χ2n) is 10.4. The molecule has 2 unspecified atom stereocenters. The van der Waals surface area contributed by atoms with E-state index < -0.39 is 5.41 Å². The summed E-state index contributed by atoms with van der Waals surface area (Å²) in [6.07, 6.45) is 11.2. The molecule has 188 valence electrons. The van der Waals surface area contributed by atoms with Gasteiger partial charge in [0.25, 0.3) is 5.82 Å². The molecule has 0 saturated heterocycles. The van der Waals surface area contributed by atoms with Crippen molar-refractivity contribution in [3.8, 4) is 0 Å². The molecule has 2 N–H and O–H groups in total. The van der Waals surface area contributed by atoms with Crippen molar-refractivity contribution in [1.82, 2.24) is 4.57 Å². The number of carbonyl (C=O) groups is 1. The average Bonchev–Trinajstić information content (AvgIpc) is 3.45. The van der Waals surface area contributed by atoms with Crippen LogP contribution in [0.25, 0.3) is 0 Å². The number of rotatable bonds is 10. The van der Waals surface area contributed by atoms with Gasteiger partial charge in [0, 0.05) is 6.92 Å². The summed E-state index contributed by atoms with van der Waals surface area (Å²) < 4.78 is 4.83. The van der Waals surface area contributed by atoms with E-state index >= 15 is 0 Å². The van der Waals surface area contributed by atoms with E-state index in [2.05, 4.69) is 66.6 Å². The van der Waals surface area contributed by atoms with Crippen molar-refractivity contribution in [2.75, 3.05) is 0 Å². The van der Waals surface area contributed by atoms with Crippen molar-refractivity contribution in [1.29, 1.82) is 0 Å². The molecule has 1 fully saturated rings. The van der Waals surface area contributed by atoms with Gasteiger partial charge in [-0.15, -0.1) is 0 Å². The molecule has 3 aromatic rings. The van der Waals surface area contributed by atoms with E-state index in [9.17, 15) is 4.79 Å².